The molecule has 0 bridgehead atoms. The number of hydrogen-bond acceptors (Lipinski definition) is 2. The van der Waals surface area contributed by atoms with Crippen molar-refractivity contribution in [2.24, 2.45) is 0 Å². The van der Waals surface area contributed by atoms with E-state index in [1.807, 2.05) is 30.3 Å². The maximum atomic E-state index is 4.28. The second kappa shape index (κ2) is 4.87. The minimum atomic E-state index is 0.905. The van der Waals surface area contributed by atoms with Crippen LogP contribution in [0.2, 0.25) is 0 Å². The summed E-state index contributed by atoms with van der Waals surface area (Å²) in [6.45, 7) is 0. The number of hydrogen-bond donors (Lipinski definition) is 1. The van der Waals surface area contributed by atoms with Crippen molar-refractivity contribution in [3.05, 3.63) is 72.8 Å². The van der Waals surface area contributed by atoms with Crippen LogP contribution in [0.4, 0.5) is 0 Å². The molecule has 0 spiro atoms. The lowest BCUT2D eigenvalue weighted by atomic mass is 9.93. The van der Waals surface area contributed by atoms with E-state index in [1.54, 1.807) is 0 Å². The first-order chi connectivity index (χ1) is 10.4. The van der Waals surface area contributed by atoms with Crippen LogP contribution in [0.3, 0.4) is 0 Å². The minimum absolute atomic E-state index is 0.905. The molecule has 0 aliphatic heterocycles. The van der Waals surface area contributed by atoms with E-state index in [9.17, 15) is 0 Å². The van der Waals surface area contributed by atoms with Gasteiger partial charge in [-0.25, -0.2) is 0 Å². The molecular formula is C18H13N3. The van der Waals surface area contributed by atoms with Crippen molar-refractivity contribution < 1.29 is 0 Å². The third-order valence-corrected chi connectivity index (χ3v) is 3.65. The minimum Gasteiger partial charge on any atom is -0.258 e. The number of fused-ring (bicyclic) bond motifs is 1. The quantitative estimate of drug-likeness (QED) is 0.591. The van der Waals surface area contributed by atoms with Gasteiger partial charge in [-0.15, -0.1) is 5.10 Å². The molecule has 0 unspecified atom stereocenters. The van der Waals surface area contributed by atoms with E-state index in [2.05, 4.69) is 57.9 Å². The van der Waals surface area contributed by atoms with E-state index in [1.165, 1.54) is 11.1 Å². The van der Waals surface area contributed by atoms with Gasteiger partial charge in [-0.2, -0.15) is 0 Å². The second-order valence-corrected chi connectivity index (χ2v) is 4.93. The summed E-state index contributed by atoms with van der Waals surface area (Å²) in [6.07, 6.45) is 0. The van der Waals surface area contributed by atoms with Crippen LogP contribution in [0.5, 0.6) is 0 Å². The Morgan fingerprint density at radius 3 is 2.05 bits per heavy atom. The summed E-state index contributed by atoms with van der Waals surface area (Å²) in [7, 11) is 0. The molecule has 1 N–H and O–H groups in total. The van der Waals surface area contributed by atoms with Gasteiger partial charge in [0.15, 0.2) is 0 Å². The van der Waals surface area contributed by atoms with Crippen LogP contribution in [-0.4, -0.2) is 15.4 Å². The van der Waals surface area contributed by atoms with Crippen LogP contribution in [0.15, 0.2) is 72.8 Å². The molecule has 0 saturated heterocycles. The fourth-order valence-electron chi connectivity index (χ4n) is 2.67. The Labute approximate surface area is 122 Å². The van der Waals surface area contributed by atoms with E-state index >= 15 is 0 Å². The molecule has 3 aromatic carbocycles. The molecule has 0 saturated carbocycles. The monoisotopic (exact) mass is 271 g/mol. The molecule has 0 amide bonds. The lowest BCUT2D eigenvalue weighted by Crippen LogP contribution is -1.87. The summed E-state index contributed by atoms with van der Waals surface area (Å²) in [5.41, 5.74) is 6.48. The maximum Gasteiger partial charge on any atom is 0.121 e. The zero-order valence-electron chi connectivity index (χ0n) is 11.3. The van der Waals surface area contributed by atoms with Gasteiger partial charge >= 0.3 is 0 Å². The SMILES string of the molecule is c1ccc(-c2ccc3[nH]nnc3c2-c2ccccc2)cc1. The molecule has 21 heavy (non-hydrogen) atoms. The Kier molecular flexibility index (Phi) is 2.75. The predicted molar refractivity (Wildman–Crippen MR) is 84.8 cm³/mol. The predicted octanol–water partition coefficient (Wildman–Crippen LogP) is 4.29. The van der Waals surface area contributed by atoms with Gasteiger partial charge in [-0.1, -0.05) is 71.9 Å². The fraction of sp³-hybridized carbons (Fsp3) is 0. The van der Waals surface area contributed by atoms with Gasteiger partial charge in [0.05, 0.1) is 5.52 Å². The van der Waals surface area contributed by atoms with Crippen molar-refractivity contribution in [3.63, 3.8) is 0 Å². The fourth-order valence-corrected chi connectivity index (χ4v) is 2.67. The third-order valence-electron chi connectivity index (χ3n) is 3.65. The van der Waals surface area contributed by atoms with Gasteiger partial charge < -0.3 is 0 Å². The average Bonchev–Trinajstić information content (AvgIpc) is 3.04. The lowest BCUT2D eigenvalue weighted by molar-refractivity contribution is 0.959. The van der Waals surface area contributed by atoms with E-state index in [0.29, 0.717) is 0 Å². The Morgan fingerprint density at radius 2 is 1.33 bits per heavy atom. The number of H-pyrrole nitrogens is 1. The van der Waals surface area contributed by atoms with Gasteiger partial charge in [-0.3, -0.25) is 5.10 Å². The highest BCUT2D eigenvalue weighted by Crippen LogP contribution is 2.36. The van der Waals surface area contributed by atoms with Crippen LogP contribution < -0.4 is 0 Å². The Bertz CT molecular complexity index is 880. The largest absolute Gasteiger partial charge is 0.258 e. The summed E-state index contributed by atoms with van der Waals surface area (Å²) in [5.74, 6) is 0. The molecular weight excluding hydrogens is 258 g/mol. The summed E-state index contributed by atoms with van der Waals surface area (Å²) >= 11 is 0. The van der Waals surface area contributed by atoms with E-state index < -0.39 is 0 Å². The molecule has 1 aromatic heterocycles. The Morgan fingerprint density at radius 1 is 0.667 bits per heavy atom. The molecule has 3 heteroatoms. The van der Waals surface area contributed by atoms with E-state index in [4.69, 9.17) is 0 Å². The second-order valence-electron chi connectivity index (χ2n) is 4.93. The van der Waals surface area contributed by atoms with Gasteiger partial charge in [0, 0.05) is 5.56 Å². The summed E-state index contributed by atoms with van der Waals surface area (Å²) < 4.78 is 0. The van der Waals surface area contributed by atoms with Crippen LogP contribution in [0, 0.1) is 0 Å². The number of rotatable bonds is 2. The van der Waals surface area contributed by atoms with Crippen LogP contribution >= 0.6 is 0 Å². The third kappa shape index (κ3) is 1.99. The highest BCUT2D eigenvalue weighted by atomic mass is 15.3. The highest BCUT2D eigenvalue weighted by molar-refractivity contribution is 6.00. The smallest absolute Gasteiger partial charge is 0.121 e. The summed E-state index contributed by atoms with van der Waals surface area (Å²) in [5, 5.41) is 11.2. The first-order valence-corrected chi connectivity index (χ1v) is 6.88. The van der Waals surface area contributed by atoms with Crippen molar-refractivity contribution in [2.45, 2.75) is 0 Å². The number of aromatic nitrogens is 3. The lowest BCUT2D eigenvalue weighted by Gasteiger charge is -2.10. The van der Waals surface area contributed by atoms with Gasteiger partial charge in [0.25, 0.3) is 0 Å². The van der Waals surface area contributed by atoms with Crippen molar-refractivity contribution in [2.75, 3.05) is 0 Å². The van der Waals surface area contributed by atoms with E-state index in [0.717, 1.165) is 22.2 Å². The molecule has 0 atom stereocenters. The normalized spacial score (nSPS) is 10.9. The molecule has 0 radical (unpaired) electrons. The molecule has 1 heterocycles. The molecule has 4 rings (SSSR count). The first kappa shape index (κ1) is 11.9. The standard InChI is InChI=1S/C18H13N3/c1-3-7-13(8-4-1)15-11-12-16-18(20-21-19-16)17(15)14-9-5-2-6-10-14/h1-12H,(H,19,20,21). The number of benzene rings is 3. The van der Waals surface area contributed by atoms with Crippen molar-refractivity contribution >= 4 is 11.0 Å². The summed E-state index contributed by atoms with van der Waals surface area (Å²) in [4.78, 5) is 0. The topological polar surface area (TPSA) is 41.6 Å². The van der Waals surface area contributed by atoms with Gasteiger partial charge in [0.2, 0.25) is 0 Å². The van der Waals surface area contributed by atoms with Crippen molar-refractivity contribution in [1.29, 1.82) is 0 Å². The first-order valence-electron chi connectivity index (χ1n) is 6.88. The molecule has 0 fully saturated rings. The zero-order valence-corrected chi connectivity index (χ0v) is 11.3. The molecule has 4 aromatic rings. The van der Waals surface area contributed by atoms with Crippen molar-refractivity contribution in [1.82, 2.24) is 15.4 Å². The highest BCUT2D eigenvalue weighted by Gasteiger charge is 2.13. The van der Waals surface area contributed by atoms with Gasteiger partial charge in [-0.05, 0) is 22.8 Å². The maximum absolute atomic E-state index is 4.28. The summed E-state index contributed by atoms with van der Waals surface area (Å²) in [6, 6.07) is 24.9. The number of aromatic amines is 1. The Balaban J connectivity index is 2.08. The molecule has 0 aliphatic carbocycles. The van der Waals surface area contributed by atoms with Gasteiger partial charge in [0.1, 0.15) is 5.52 Å². The van der Waals surface area contributed by atoms with Crippen LogP contribution in [0.1, 0.15) is 0 Å². The molecule has 3 nitrogen and oxygen atoms in total. The zero-order chi connectivity index (χ0) is 14.1. The van der Waals surface area contributed by atoms with E-state index in [-0.39, 0.29) is 0 Å². The van der Waals surface area contributed by atoms with Crippen molar-refractivity contribution in [3.8, 4) is 22.3 Å². The Hall–Kier alpha value is -2.94. The number of nitrogens with zero attached hydrogens (tertiary/aromatic N) is 2. The molecule has 0 aliphatic rings. The van der Waals surface area contributed by atoms with Crippen LogP contribution in [0.25, 0.3) is 33.3 Å². The molecule has 100 valence electrons. The van der Waals surface area contributed by atoms with Crippen LogP contribution in [-0.2, 0) is 0 Å². The number of nitrogens with one attached hydrogen (secondary N) is 1. The average molecular weight is 271 g/mol.